The van der Waals surface area contributed by atoms with Gasteiger partial charge in [0.25, 0.3) is 0 Å². The standard InChI is InChI=1S/C15H14O2S2/c1-3-4-5-12-6-8-14(18-12)15-9-7-13(19-15)10-17-11(2)16/h6-9H,3,10H2,1-2H3. The molecule has 4 heteroatoms. The summed E-state index contributed by atoms with van der Waals surface area (Å²) < 4.78 is 4.99. The van der Waals surface area contributed by atoms with Crippen LogP contribution in [0.5, 0.6) is 0 Å². The van der Waals surface area contributed by atoms with Crippen molar-refractivity contribution in [3.05, 3.63) is 34.0 Å². The third-order valence-corrected chi connectivity index (χ3v) is 4.57. The van der Waals surface area contributed by atoms with Gasteiger partial charge in [-0.25, -0.2) is 0 Å². The molecular weight excluding hydrogens is 276 g/mol. The largest absolute Gasteiger partial charge is 0.460 e. The van der Waals surface area contributed by atoms with E-state index in [9.17, 15) is 4.79 Å². The first-order valence-electron chi connectivity index (χ1n) is 6.00. The molecule has 0 bridgehead atoms. The van der Waals surface area contributed by atoms with Crippen molar-refractivity contribution in [2.45, 2.75) is 26.9 Å². The average molecular weight is 290 g/mol. The number of rotatable bonds is 3. The molecule has 0 aliphatic rings. The predicted molar refractivity (Wildman–Crippen MR) is 80.3 cm³/mol. The normalized spacial score (nSPS) is 9.79. The Labute approximate surface area is 121 Å². The summed E-state index contributed by atoms with van der Waals surface area (Å²) in [6.07, 6.45) is 0.874. The van der Waals surface area contributed by atoms with Gasteiger partial charge < -0.3 is 4.74 Å². The summed E-state index contributed by atoms with van der Waals surface area (Å²) in [5, 5.41) is 0. The van der Waals surface area contributed by atoms with Crippen LogP contribution in [0.4, 0.5) is 0 Å². The quantitative estimate of drug-likeness (QED) is 0.622. The fraction of sp³-hybridized carbons (Fsp3) is 0.267. The Bertz CT molecular complexity index is 626. The second-order valence-corrected chi connectivity index (χ2v) is 6.12. The maximum absolute atomic E-state index is 10.8. The molecule has 19 heavy (non-hydrogen) atoms. The molecule has 98 valence electrons. The average Bonchev–Trinajstić information content (AvgIpc) is 3.02. The smallest absolute Gasteiger partial charge is 0.302 e. The van der Waals surface area contributed by atoms with Gasteiger partial charge in [-0.3, -0.25) is 4.79 Å². The minimum absolute atomic E-state index is 0.247. The predicted octanol–water partition coefficient (Wildman–Crippen LogP) is 4.30. The first-order chi connectivity index (χ1) is 9.19. The highest BCUT2D eigenvalue weighted by Gasteiger charge is 2.06. The third-order valence-electron chi connectivity index (χ3n) is 2.32. The summed E-state index contributed by atoms with van der Waals surface area (Å²) in [6.45, 7) is 3.82. The lowest BCUT2D eigenvalue weighted by Gasteiger charge is -1.97. The van der Waals surface area contributed by atoms with Crippen LogP contribution in [0.2, 0.25) is 0 Å². The summed E-state index contributed by atoms with van der Waals surface area (Å²) in [4.78, 5) is 15.3. The molecule has 0 fully saturated rings. The lowest BCUT2D eigenvalue weighted by Crippen LogP contribution is -1.96. The van der Waals surface area contributed by atoms with E-state index in [-0.39, 0.29) is 5.97 Å². The Morgan fingerprint density at radius 2 is 1.95 bits per heavy atom. The van der Waals surface area contributed by atoms with Crippen molar-refractivity contribution >= 4 is 28.6 Å². The van der Waals surface area contributed by atoms with Gasteiger partial charge in [-0.1, -0.05) is 18.8 Å². The van der Waals surface area contributed by atoms with Crippen molar-refractivity contribution in [2.24, 2.45) is 0 Å². The summed E-state index contributed by atoms with van der Waals surface area (Å²) in [5.41, 5.74) is 0. The second-order valence-electron chi connectivity index (χ2n) is 3.87. The zero-order valence-corrected chi connectivity index (χ0v) is 12.5. The zero-order chi connectivity index (χ0) is 13.7. The summed E-state index contributed by atoms with van der Waals surface area (Å²) in [7, 11) is 0. The van der Waals surface area contributed by atoms with Gasteiger partial charge in [-0.15, -0.1) is 22.7 Å². The first kappa shape index (κ1) is 13.9. The highest BCUT2D eigenvalue weighted by atomic mass is 32.1. The number of carbonyl (C=O) groups excluding carboxylic acids is 1. The van der Waals surface area contributed by atoms with Crippen LogP contribution < -0.4 is 0 Å². The van der Waals surface area contributed by atoms with E-state index in [0.717, 1.165) is 16.2 Å². The Balaban J connectivity index is 2.09. The van der Waals surface area contributed by atoms with Crippen molar-refractivity contribution in [1.82, 2.24) is 0 Å². The molecule has 0 saturated carbocycles. The fourth-order valence-electron chi connectivity index (χ4n) is 1.47. The molecule has 0 amide bonds. The molecule has 0 saturated heterocycles. The van der Waals surface area contributed by atoms with Crippen LogP contribution in [0, 0.1) is 11.8 Å². The van der Waals surface area contributed by atoms with E-state index < -0.39 is 0 Å². The van der Waals surface area contributed by atoms with E-state index in [4.69, 9.17) is 4.74 Å². The maximum atomic E-state index is 10.8. The molecular formula is C15H14O2S2. The van der Waals surface area contributed by atoms with E-state index >= 15 is 0 Å². The van der Waals surface area contributed by atoms with Crippen LogP contribution in [0.3, 0.4) is 0 Å². The molecule has 0 radical (unpaired) electrons. The van der Waals surface area contributed by atoms with Crippen LogP contribution >= 0.6 is 22.7 Å². The first-order valence-corrected chi connectivity index (χ1v) is 7.63. The molecule has 2 aromatic rings. The molecule has 0 unspecified atom stereocenters. The van der Waals surface area contributed by atoms with Crippen molar-refractivity contribution < 1.29 is 9.53 Å². The fourth-order valence-corrected chi connectivity index (χ4v) is 3.37. The number of carbonyl (C=O) groups is 1. The molecule has 2 rings (SSSR count). The zero-order valence-electron chi connectivity index (χ0n) is 10.9. The van der Waals surface area contributed by atoms with Gasteiger partial charge >= 0.3 is 5.97 Å². The van der Waals surface area contributed by atoms with Crippen molar-refractivity contribution in [1.29, 1.82) is 0 Å². The van der Waals surface area contributed by atoms with Gasteiger partial charge in [0.05, 0.1) is 4.88 Å². The van der Waals surface area contributed by atoms with Crippen molar-refractivity contribution in [2.75, 3.05) is 0 Å². The Kier molecular flexibility index (Phi) is 4.78. The van der Waals surface area contributed by atoms with Crippen LogP contribution in [0.25, 0.3) is 9.75 Å². The van der Waals surface area contributed by atoms with Crippen molar-refractivity contribution in [3.63, 3.8) is 0 Å². The number of hydrogen-bond acceptors (Lipinski definition) is 4. The SMILES string of the molecule is CCC#Cc1ccc(-c2ccc(COC(C)=O)s2)s1. The molecule has 0 aliphatic heterocycles. The number of ether oxygens (including phenoxy) is 1. The van der Waals surface area contributed by atoms with Gasteiger partial charge in [0.1, 0.15) is 6.61 Å². The number of esters is 1. The molecule has 2 heterocycles. The van der Waals surface area contributed by atoms with Gasteiger partial charge in [-0.2, -0.15) is 0 Å². The Morgan fingerprint density at radius 3 is 2.68 bits per heavy atom. The molecule has 0 spiro atoms. The topological polar surface area (TPSA) is 26.3 Å². The molecule has 0 aliphatic carbocycles. The van der Waals surface area contributed by atoms with Crippen LogP contribution in [-0.2, 0) is 16.1 Å². The van der Waals surface area contributed by atoms with E-state index in [0.29, 0.717) is 6.61 Å². The third kappa shape index (κ3) is 3.95. The van der Waals surface area contributed by atoms with E-state index in [1.807, 2.05) is 19.1 Å². The van der Waals surface area contributed by atoms with Gasteiger partial charge in [0.2, 0.25) is 0 Å². The summed E-state index contributed by atoms with van der Waals surface area (Å²) in [6, 6.07) is 8.20. The number of thiophene rings is 2. The van der Waals surface area contributed by atoms with Crippen LogP contribution in [0.15, 0.2) is 24.3 Å². The lowest BCUT2D eigenvalue weighted by molar-refractivity contribution is -0.142. The van der Waals surface area contributed by atoms with E-state index in [1.54, 1.807) is 22.7 Å². The molecule has 0 atom stereocenters. The maximum Gasteiger partial charge on any atom is 0.302 e. The monoisotopic (exact) mass is 290 g/mol. The summed E-state index contributed by atoms with van der Waals surface area (Å²) >= 11 is 3.34. The highest BCUT2D eigenvalue weighted by molar-refractivity contribution is 7.22. The van der Waals surface area contributed by atoms with Crippen molar-refractivity contribution in [3.8, 4) is 21.6 Å². The minimum Gasteiger partial charge on any atom is -0.460 e. The van der Waals surface area contributed by atoms with Crippen LogP contribution in [-0.4, -0.2) is 5.97 Å². The number of hydrogen-bond donors (Lipinski definition) is 0. The molecule has 0 aromatic carbocycles. The molecule has 2 aromatic heterocycles. The highest BCUT2D eigenvalue weighted by Crippen LogP contribution is 2.33. The van der Waals surface area contributed by atoms with E-state index in [2.05, 4.69) is 24.0 Å². The van der Waals surface area contributed by atoms with E-state index in [1.165, 1.54) is 16.7 Å². The lowest BCUT2D eigenvalue weighted by atomic mass is 10.3. The van der Waals surface area contributed by atoms with Crippen LogP contribution in [0.1, 0.15) is 30.0 Å². The molecule has 2 nitrogen and oxygen atoms in total. The second kappa shape index (κ2) is 6.55. The van der Waals surface area contributed by atoms with Gasteiger partial charge in [-0.05, 0) is 24.3 Å². The Hall–Kier alpha value is -1.57. The van der Waals surface area contributed by atoms with Gasteiger partial charge in [0.15, 0.2) is 0 Å². The summed E-state index contributed by atoms with van der Waals surface area (Å²) in [5.74, 6) is 5.96. The minimum atomic E-state index is -0.247. The van der Waals surface area contributed by atoms with Gasteiger partial charge in [0, 0.05) is 28.0 Å². The Morgan fingerprint density at radius 1 is 1.21 bits per heavy atom. The molecule has 0 N–H and O–H groups in total.